The summed E-state index contributed by atoms with van der Waals surface area (Å²) in [6.07, 6.45) is 0. The van der Waals surface area contributed by atoms with Gasteiger partial charge < -0.3 is 15.5 Å². The molecule has 0 aliphatic carbocycles. The van der Waals surface area contributed by atoms with Crippen molar-refractivity contribution >= 4 is 10.9 Å². The van der Waals surface area contributed by atoms with E-state index in [-0.39, 0.29) is 11.8 Å². The summed E-state index contributed by atoms with van der Waals surface area (Å²) in [5.74, 6) is 0.258. The van der Waals surface area contributed by atoms with Crippen LogP contribution in [0.5, 0.6) is 5.88 Å². The maximum absolute atomic E-state index is 9.64. The molecule has 6 nitrogen and oxygen atoms in total. The normalized spacial score (nSPS) is 17.0. The Hall–Kier alpha value is -3.20. The zero-order chi connectivity index (χ0) is 16.1. The Morgan fingerprint density at radius 2 is 2.00 bits per heavy atom. The quantitative estimate of drug-likeness (QED) is 0.643. The Morgan fingerprint density at radius 3 is 2.78 bits per heavy atom. The largest absolute Gasteiger partial charge is 0.420 e. The van der Waals surface area contributed by atoms with Gasteiger partial charge in [-0.1, -0.05) is 18.2 Å². The van der Waals surface area contributed by atoms with Gasteiger partial charge in [0.15, 0.2) is 0 Å². The lowest BCUT2D eigenvalue weighted by atomic mass is 9.83. The number of nitrogens with one attached hydrogen (secondary N) is 2. The van der Waals surface area contributed by atoms with Crippen molar-refractivity contribution in [1.82, 2.24) is 15.2 Å². The van der Waals surface area contributed by atoms with Crippen LogP contribution in [0, 0.1) is 25.2 Å². The van der Waals surface area contributed by atoms with Crippen LogP contribution in [-0.4, -0.2) is 15.2 Å². The first-order valence-electron chi connectivity index (χ1n) is 7.31. The van der Waals surface area contributed by atoms with Crippen LogP contribution in [0.1, 0.15) is 28.4 Å². The third-order valence-electron chi connectivity index (χ3n) is 4.36. The summed E-state index contributed by atoms with van der Waals surface area (Å²) < 4.78 is 5.52. The molecule has 23 heavy (non-hydrogen) atoms. The highest BCUT2D eigenvalue weighted by atomic mass is 16.5. The van der Waals surface area contributed by atoms with E-state index in [1.807, 2.05) is 38.1 Å². The van der Waals surface area contributed by atoms with E-state index in [2.05, 4.69) is 21.3 Å². The first kappa shape index (κ1) is 13.5. The Morgan fingerprint density at radius 1 is 1.22 bits per heavy atom. The van der Waals surface area contributed by atoms with Gasteiger partial charge >= 0.3 is 0 Å². The van der Waals surface area contributed by atoms with Crippen LogP contribution in [0.3, 0.4) is 0 Å². The van der Waals surface area contributed by atoms with Crippen LogP contribution in [0.25, 0.3) is 10.9 Å². The van der Waals surface area contributed by atoms with Crippen LogP contribution < -0.4 is 10.5 Å². The van der Waals surface area contributed by atoms with Crippen LogP contribution in [-0.2, 0) is 0 Å². The first-order chi connectivity index (χ1) is 11.1. The summed E-state index contributed by atoms with van der Waals surface area (Å²) >= 11 is 0. The second kappa shape index (κ2) is 4.65. The molecule has 4 rings (SSSR count). The van der Waals surface area contributed by atoms with Crippen LogP contribution in [0.2, 0.25) is 0 Å². The number of nitrogens with two attached hydrogens (primary N) is 1. The molecule has 114 valence electrons. The number of aromatic amines is 2. The zero-order valence-electron chi connectivity index (χ0n) is 12.8. The molecule has 1 unspecified atom stereocenters. The minimum atomic E-state index is -0.293. The van der Waals surface area contributed by atoms with Gasteiger partial charge in [0, 0.05) is 27.9 Å². The van der Waals surface area contributed by atoms with Crippen molar-refractivity contribution in [2.45, 2.75) is 19.8 Å². The fourth-order valence-electron chi connectivity index (χ4n) is 3.36. The molecule has 6 heteroatoms. The number of aromatic nitrogens is 3. The number of nitrogens with zero attached hydrogens (tertiary/aromatic N) is 2. The van der Waals surface area contributed by atoms with Crippen molar-refractivity contribution < 1.29 is 4.74 Å². The molecule has 1 aliphatic rings. The van der Waals surface area contributed by atoms with E-state index in [1.165, 1.54) is 0 Å². The first-order valence-corrected chi connectivity index (χ1v) is 7.31. The number of hydrogen-bond acceptors (Lipinski definition) is 4. The molecule has 1 aromatic carbocycles. The lowest BCUT2D eigenvalue weighted by Gasteiger charge is -2.23. The maximum atomic E-state index is 9.64. The molecule has 0 bridgehead atoms. The van der Waals surface area contributed by atoms with Gasteiger partial charge in [0.25, 0.3) is 0 Å². The van der Waals surface area contributed by atoms with Crippen LogP contribution in [0.4, 0.5) is 0 Å². The molecular weight excluding hydrogens is 290 g/mol. The van der Waals surface area contributed by atoms with E-state index < -0.39 is 0 Å². The molecule has 1 atom stereocenters. The van der Waals surface area contributed by atoms with Crippen molar-refractivity contribution in [3.8, 4) is 11.9 Å². The number of rotatable bonds is 1. The van der Waals surface area contributed by atoms with Gasteiger partial charge in [-0.15, -0.1) is 5.10 Å². The predicted octanol–water partition coefficient (Wildman–Crippen LogP) is 2.73. The third kappa shape index (κ3) is 1.77. The highest BCUT2D eigenvalue weighted by Gasteiger charge is 2.36. The summed E-state index contributed by atoms with van der Waals surface area (Å²) in [5.41, 5.74) is 11.2. The zero-order valence-corrected chi connectivity index (χ0v) is 12.8. The number of H-pyrrole nitrogens is 2. The molecular formula is C17H15N5O. The monoisotopic (exact) mass is 305 g/mol. The second-order valence-corrected chi connectivity index (χ2v) is 5.70. The van der Waals surface area contributed by atoms with Crippen molar-refractivity contribution in [3.63, 3.8) is 0 Å². The topological polar surface area (TPSA) is 104 Å². The van der Waals surface area contributed by atoms with E-state index >= 15 is 0 Å². The lowest BCUT2D eigenvalue weighted by molar-refractivity contribution is 0.379. The highest BCUT2D eigenvalue weighted by molar-refractivity contribution is 5.87. The van der Waals surface area contributed by atoms with Crippen LogP contribution >= 0.6 is 0 Å². The van der Waals surface area contributed by atoms with Gasteiger partial charge in [0.05, 0.1) is 5.92 Å². The average molecular weight is 305 g/mol. The van der Waals surface area contributed by atoms with Crippen molar-refractivity contribution in [2.24, 2.45) is 5.73 Å². The molecule has 0 saturated carbocycles. The summed E-state index contributed by atoms with van der Waals surface area (Å²) in [6.45, 7) is 3.92. The van der Waals surface area contributed by atoms with E-state index in [0.29, 0.717) is 11.5 Å². The fraction of sp³-hybridized carbons (Fsp3) is 0.176. The van der Waals surface area contributed by atoms with E-state index in [1.54, 1.807) is 0 Å². The average Bonchev–Trinajstić information content (AvgIpc) is 3.05. The van der Waals surface area contributed by atoms with Crippen molar-refractivity contribution in [3.05, 3.63) is 58.2 Å². The van der Waals surface area contributed by atoms with Gasteiger partial charge in [-0.2, -0.15) is 5.26 Å². The summed E-state index contributed by atoms with van der Waals surface area (Å²) in [5, 5.41) is 17.8. The van der Waals surface area contributed by atoms with Crippen LogP contribution in [0.15, 0.2) is 35.7 Å². The predicted molar refractivity (Wildman–Crippen MR) is 85.7 cm³/mol. The molecule has 0 saturated heterocycles. The van der Waals surface area contributed by atoms with Gasteiger partial charge in [0.2, 0.25) is 11.8 Å². The summed E-state index contributed by atoms with van der Waals surface area (Å²) in [7, 11) is 0. The standard InChI is InChI=1S/C17H15N5O/c1-8-13(10-5-3-4-6-12(10)20-8)15-11(7-18)16(19)23-17-14(15)9(2)21-22-17/h3-6,15,20H,19H2,1-2H3,(H,21,22). The van der Waals surface area contributed by atoms with Crippen molar-refractivity contribution in [2.75, 3.05) is 0 Å². The minimum Gasteiger partial charge on any atom is -0.420 e. The molecule has 4 N–H and O–H groups in total. The Balaban J connectivity index is 2.08. The number of fused-ring (bicyclic) bond motifs is 2. The number of aryl methyl sites for hydroxylation is 2. The Bertz CT molecular complexity index is 1000. The SMILES string of the molecule is Cc1[nH]nc2c1C(c1c(C)[nH]c3ccccc13)C(C#N)=C(N)O2. The van der Waals surface area contributed by atoms with E-state index in [4.69, 9.17) is 10.5 Å². The number of benzene rings is 1. The molecule has 3 heterocycles. The second-order valence-electron chi connectivity index (χ2n) is 5.70. The number of para-hydroxylation sites is 1. The molecule has 3 aromatic rings. The molecule has 0 fully saturated rings. The smallest absolute Gasteiger partial charge is 0.244 e. The number of hydrogen-bond donors (Lipinski definition) is 3. The van der Waals surface area contributed by atoms with Crippen molar-refractivity contribution in [1.29, 1.82) is 5.26 Å². The molecule has 0 amide bonds. The van der Waals surface area contributed by atoms with Gasteiger partial charge in [0.1, 0.15) is 11.6 Å². The highest BCUT2D eigenvalue weighted by Crippen LogP contribution is 2.45. The maximum Gasteiger partial charge on any atom is 0.244 e. The fourth-order valence-corrected chi connectivity index (χ4v) is 3.36. The van der Waals surface area contributed by atoms with Gasteiger partial charge in [-0.05, 0) is 25.5 Å². The molecule has 0 spiro atoms. The number of allylic oxidation sites excluding steroid dienone is 1. The third-order valence-corrected chi connectivity index (χ3v) is 4.36. The molecule has 0 radical (unpaired) electrons. The number of ether oxygens (including phenoxy) is 1. The van der Waals surface area contributed by atoms with E-state index in [0.717, 1.165) is 33.4 Å². The number of nitriles is 1. The van der Waals surface area contributed by atoms with Gasteiger partial charge in [-0.3, -0.25) is 5.10 Å². The minimum absolute atomic E-state index is 0.112. The van der Waals surface area contributed by atoms with Gasteiger partial charge in [-0.25, -0.2) is 0 Å². The lowest BCUT2D eigenvalue weighted by Crippen LogP contribution is -2.21. The molecule has 1 aliphatic heterocycles. The Labute approximate surface area is 132 Å². The summed E-state index contributed by atoms with van der Waals surface area (Å²) in [4.78, 5) is 3.38. The van der Waals surface area contributed by atoms with E-state index in [9.17, 15) is 5.26 Å². The Kier molecular flexibility index (Phi) is 2.72. The molecule has 2 aromatic heterocycles. The summed E-state index contributed by atoms with van der Waals surface area (Å²) in [6, 6.07) is 10.3.